The third-order valence-electron chi connectivity index (χ3n) is 4.56. The maximum absolute atomic E-state index is 10.6. The van der Waals surface area contributed by atoms with Crippen LogP contribution in [0.3, 0.4) is 0 Å². The Morgan fingerprint density at radius 1 is 1.06 bits per heavy atom. The van der Waals surface area contributed by atoms with Crippen LogP contribution in [0, 0.1) is 11.8 Å². The lowest BCUT2D eigenvalue weighted by Gasteiger charge is -2.37. The zero-order valence-electron chi connectivity index (χ0n) is 11.6. The first-order valence-electron chi connectivity index (χ1n) is 7.70. The molecule has 1 heterocycles. The van der Waals surface area contributed by atoms with Crippen LogP contribution in [0.2, 0.25) is 0 Å². The summed E-state index contributed by atoms with van der Waals surface area (Å²) in [5.41, 5.74) is 0. The van der Waals surface area contributed by atoms with E-state index in [-0.39, 0.29) is 12.2 Å². The first-order chi connectivity index (χ1) is 8.83. The molecule has 0 radical (unpaired) electrons. The predicted octanol–water partition coefficient (Wildman–Crippen LogP) is 2.76. The van der Waals surface area contributed by atoms with Gasteiger partial charge < -0.3 is 14.6 Å². The van der Waals surface area contributed by atoms with Crippen molar-refractivity contribution in [1.82, 2.24) is 0 Å². The fourth-order valence-electron chi connectivity index (χ4n) is 3.49. The Morgan fingerprint density at radius 3 is 2.33 bits per heavy atom. The van der Waals surface area contributed by atoms with E-state index in [1.54, 1.807) is 0 Å². The Labute approximate surface area is 111 Å². The molecule has 2 rings (SSSR count). The van der Waals surface area contributed by atoms with E-state index in [9.17, 15) is 5.11 Å². The Bertz CT molecular complexity index is 220. The molecule has 18 heavy (non-hydrogen) atoms. The molecule has 0 spiro atoms. The van der Waals surface area contributed by atoms with Crippen LogP contribution in [0.15, 0.2) is 0 Å². The highest BCUT2D eigenvalue weighted by Crippen LogP contribution is 2.33. The maximum Gasteiger partial charge on any atom is 0.0864 e. The van der Waals surface area contributed by atoms with Gasteiger partial charge in [0.25, 0.3) is 0 Å². The van der Waals surface area contributed by atoms with Crippen LogP contribution in [0.4, 0.5) is 0 Å². The molecule has 0 aromatic rings. The molecular formula is C15H28O3. The second kappa shape index (κ2) is 7.46. The number of rotatable bonds is 5. The number of hydrogen-bond acceptors (Lipinski definition) is 3. The van der Waals surface area contributed by atoms with Gasteiger partial charge in [0.2, 0.25) is 0 Å². The minimum Gasteiger partial charge on any atom is -0.390 e. The third-order valence-corrected chi connectivity index (χ3v) is 4.56. The van der Waals surface area contributed by atoms with E-state index < -0.39 is 0 Å². The van der Waals surface area contributed by atoms with E-state index in [1.165, 1.54) is 32.1 Å². The molecule has 106 valence electrons. The highest BCUT2D eigenvalue weighted by atomic mass is 16.5. The molecule has 3 nitrogen and oxygen atoms in total. The van der Waals surface area contributed by atoms with E-state index in [0.717, 1.165) is 26.1 Å². The normalized spacial score (nSPS) is 27.0. The van der Waals surface area contributed by atoms with Gasteiger partial charge in [-0.2, -0.15) is 0 Å². The van der Waals surface area contributed by atoms with Gasteiger partial charge in [0, 0.05) is 19.8 Å². The number of aliphatic hydroxyl groups is 1. The van der Waals surface area contributed by atoms with Gasteiger partial charge in [-0.1, -0.05) is 19.3 Å². The molecule has 2 fully saturated rings. The van der Waals surface area contributed by atoms with Crippen molar-refractivity contribution >= 4 is 0 Å². The minimum atomic E-state index is -0.294. The summed E-state index contributed by atoms with van der Waals surface area (Å²) in [4.78, 5) is 0. The molecule has 2 unspecified atom stereocenters. The second-order valence-corrected chi connectivity index (χ2v) is 5.76. The minimum absolute atomic E-state index is 0.0541. The lowest BCUT2D eigenvalue weighted by molar-refractivity contribution is -0.108. The Morgan fingerprint density at radius 2 is 1.72 bits per heavy atom. The van der Waals surface area contributed by atoms with E-state index in [0.29, 0.717) is 18.4 Å². The molecule has 0 amide bonds. The van der Waals surface area contributed by atoms with E-state index in [4.69, 9.17) is 9.47 Å². The van der Waals surface area contributed by atoms with Gasteiger partial charge in [-0.3, -0.25) is 0 Å². The van der Waals surface area contributed by atoms with Crippen molar-refractivity contribution in [3.05, 3.63) is 0 Å². The summed E-state index contributed by atoms with van der Waals surface area (Å²) in [7, 11) is 0. The quantitative estimate of drug-likeness (QED) is 0.822. The standard InChI is InChI=1S/C15H28O3/c1-2-18-15(13-6-4-3-5-7-13)14(16)12-8-10-17-11-9-12/h12-16H,2-11H2,1H3. The molecule has 1 N–H and O–H groups in total. The van der Waals surface area contributed by atoms with Crippen molar-refractivity contribution in [3.8, 4) is 0 Å². The molecule has 0 aromatic carbocycles. The first-order valence-corrected chi connectivity index (χ1v) is 7.70. The van der Waals surface area contributed by atoms with E-state index in [2.05, 4.69) is 0 Å². The monoisotopic (exact) mass is 256 g/mol. The van der Waals surface area contributed by atoms with Crippen LogP contribution in [-0.4, -0.2) is 37.1 Å². The summed E-state index contributed by atoms with van der Waals surface area (Å²) in [5, 5.41) is 10.6. The lowest BCUT2D eigenvalue weighted by atomic mass is 9.79. The fourth-order valence-corrected chi connectivity index (χ4v) is 3.49. The predicted molar refractivity (Wildman–Crippen MR) is 71.5 cm³/mol. The van der Waals surface area contributed by atoms with Crippen molar-refractivity contribution in [3.63, 3.8) is 0 Å². The van der Waals surface area contributed by atoms with Crippen molar-refractivity contribution in [2.45, 2.75) is 64.1 Å². The zero-order valence-corrected chi connectivity index (χ0v) is 11.6. The molecule has 2 atom stereocenters. The highest BCUT2D eigenvalue weighted by Gasteiger charge is 2.35. The van der Waals surface area contributed by atoms with Crippen LogP contribution in [0.5, 0.6) is 0 Å². The fraction of sp³-hybridized carbons (Fsp3) is 1.00. The van der Waals surface area contributed by atoms with Crippen molar-refractivity contribution in [2.75, 3.05) is 19.8 Å². The van der Waals surface area contributed by atoms with Crippen LogP contribution in [0.25, 0.3) is 0 Å². The summed E-state index contributed by atoms with van der Waals surface area (Å²) < 4.78 is 11.3. The SMILES string of the molecule is CCOC(C1CCCCC1)C(O)C1CCOCC1. The van der Waals surface area contributed by atoms with E-state index in [1.807, 2.05) is 6.92 Å². The Kier molecular flexibility index (Phi) is 5.93. The highest BCUT2D eigenvalue weighted by molar-refractivity contribution is 4.85. The molecule has 0 bridgehead atoms. The first kappa shape index (κ1) is 14.3. The lowest BCUT2D eigenvalue weighted by Crippen LogP contribution is -2.43. The largest absolute Gasteiger partial charge is 0.390 e. The summed E-state index contributed by atoms with van der Waals surface area (Å²) >= 11 is 0. The molecular weight excluding hydrogens is 228 g/mol. The number of aliphatic hydroxyl groups excluding tert-OH is 1. The zero-order chi connectivity index (χ0) is 12.8. The molecule has 1 saturated heterocycles. The molecule has 1 aliphatic carbocycles. The Balaban J connectivity index is 1.93. The van der Waals surface area contributed by atoms with Gasteiger partial charge in [-0.05, 0) is 44.4 Å². The van der Waals surface area contributed by atoms with Gasteiger partial charge in [0.05, 0.1) is 12.2 Å². The third kappa shape index (κ3) is 3.69. The Hall–Kier alpha value is -0.120. The van der Waals surface area contributed by atoms with Gasteiger partial charge in [-0.25, -0.2) is 0 Å². The topological polar surface area (TPSA) is 38.7 Å². The van der Waals surface area contributed by atoms with Crippen molar-refractivity contribution in [1.29, 1.82) is 0 Å². The summed E-state index contributed by atoms with van der Waals surface area (Å²) in [6.07, 6.45) is 8.13. The van der Waals surface area contributed by atoms with Crippen molar-refractivity contribution < 1.29 is 14.6 Å². The van der Waals surface area contributed by atoms with Gasteiger partial charge in [-0.15, -0.1) is 0 Å². The number of ether oxygens (including phenoxy) is 2. The van der Waals surface area contributed by atoms with Crippen LogP contribution in [0.1, 0.15) is 51.9 Å². The average molecular weight is 256 g/mol. The summed E-state index contributed by atoms with van der Waals surface area (Å²) in [6.45, 7) is 4.34. The van der Waals surface area contributed by atoms with Gasteiger partial charge in [0.15, 0.2) is 0 Å². The molecule has 1 aliphatic heterocycles. The van der Waals surface area contributed by atoms with Crippen LogP contribution >= 0.6 is 0 Å². The van der Waals surface area contributed by atoms with Crippen molar-refractivity contribution in [2.24, 2.45) is 11.8 Å². The molecule has 3 heteroatoms. The molecule has 2 aliphatic rings. The second-order valence-electron chi connectivity index (χ2n) is 5.76. The average Bonchev–Trinajstić information content (AvgIpc) is 2.46. The van der Waals surface area contributed by atoms with Gasteiger partial charge >= 0.3 is 0 Å². The van der Waals surface area contributed by atoms with Crippen LogP contribution in [-0.2, 0) is 9.47 Å². The maximum atomic E-state index is 10.6. The molecule has 1 saturated carbocycles. The van der Waals surface area contributed by atoms with Crippen LogP contribution < -0.4 is 0 Å². The summed E-state index contributed by atoms with van der Waals surface area (Å²) in [6, 6.07) is 0. The molecule has 0 aromatic heterocycles. The smallest absolute Gasteiger partial charge is 0.0864 e. The number of hydrogen-bond donors (Lipinski definition) is 1. The van der Waals surface area contributed by atoms with Gasteiger partial charge in [0.1, 0.15) is 0 Å². The van der Waals surface area contributed by atoms with E-state index >= 15 is 0 Å². The summed E-state index contributed by atoms with van der Waals surface area (Å²) in [5.74, 6) is 0.939.